The van der Waals surface area contributed by atoms with Crippen LogP contribution in [0.4, 0.5) is 0 Å². The van der Waals surface area contributed by atoms with Gasteiger partial charge in [-0.05, 0) is 38.7 Å². The molecule has 0 radical (unpaired) electrons. The van der Waals surface area contributed by atoms with Crippen molar-refractivity contribution in [3.8, 4) is 0 Å². The summed E-state index contributed by atoms with van der Waals surface area (Å²) < 4.78 is 5.37. The Hall–Kier alpha value is -1.06. The van der Waals surface area contributed by atoms with Gasteiger partial charge in [-0.3, -0.25) is 4.79 Å². The van der Waals surface area contributed by atoms with Gasteiger partial charge in [0.15, 0.2) is 0 Å². The lowest BCUT2D eigenvalue weighted by atomic mass is 10.0. The Morgan fingerprint density at radius 3 is 2.42 bits per heavy atom. The average molecular weight is 286 g/mol. The second-order valence-corrected chi connectivity index (χ2v) is 5.17. The van der Waals surface area contributed by atoms with Crippen molar-refractivity contribution < 1.29 is 9.53 Å². The quantitative estimate of drug-likeness (QED) is 0.817. The summed E-state index contributed by atoms with van der Waals surface area (Å²) in [5.41, 5.74) is 6.61. The van der Waals surface area contributed by atoms with Gasteiger partial charge < -0.3 is 10.5 Å². The van der Waals surface area contributed by atoms with Crippen molar-refractivity contribution in [2.24, 2.45) is 5.73 Å². The molecule has 0 fully saturated rings. The Bertz CT molecular complexity index is 379. The number of hydrogen-bond acceptors (Lipinski definition) is 3. The summed E-state index contributed by atoms with van der Waals surface area (Å²) in [6.07, 6.45) is 2.19. The van der Waals surface area contributed by atoms with E-state index >= 15 is 0 Å². The molecule has 1 aromatic rings. The Balaban J connectivity index is 0.00000324. The van der Waals surface area contributed by atoms with Crippen LogP contribution < -0.4 is 5.73 Å². The van der Waals surface area contributed by atoms with Crippen molar-refractivity contribution >= 4 is 18.4 Å². The number of ether oxygens (including phenoxy) is 1. The summed E-state index contributed by atoms with van der Waals surface area (Å²) in [5.74, 6) is -0.308. The molecule has 0 saturated heterocycles. The van der Waals surface area contributed by atoms with Gasteiger partial charge in [-0.25, -0.2) is 0 Å². The van der Waals surface area contributed by atoms with Crippen molar-refractivity contribution in [3.63, 3.8) is 0 Å². The molecule has 19 heavy (non-hydrogen) atoms. The molecule has 108 valence electrons. The number of nitrogens with two attached hydrogens (primary N) is 1. The molecule has 0 amide bonds. The van der Waals surface area contributed by atoms with Gasteiger partial charge in [-0.15, -0.1) is 12.4 Å². The number of carbonyl (C=O) groups excluding carboxylic acids is 1. The Morgan fingerprint density at radius 1 is 1.32 bits per heavy atom. The third-order valence-corrected chi connectivity index (χ3v) is 3.12. The number of carbonyl (C=O) groups is 1. The first-order chi connectivity index (χ1) is 8.44. The van der Waals surface area contributed by atoms with Gasteiger partial charge in [0, 0.05) is 0 Å². The molecule has 3 nitrogen and oxygen atoms in total. The van der Waals surface area contributed by atoms with E-state index in [0.29, 0.717) is 6.42 Å². The highest BCUT2D eigenvalue weighted by atomic mass is 35.5. The summed E-state index contributed by atoms with van der Waals surface area (Å²) in [6.45, 7) is 5.78. The van der Waals surface area contributed by atoms with Crippen molar-refractivity contribution in [2.45, 2.75) is 51.7 Å². The minimum atomic E-state index is -0.545. The van der Waals surface area contributed by atoms with Crippen LogP contribution in [0.5, 0.6) is 0 Å². The lowest BCUT2D eigenvalue weighted by Gasteiger charge is -2.25. The topological polar surface area (TPSA) is 52.3 Å². The molecule has 1 rings (SSSR count). The number of halogens is 1. The average Bonchev–Trinajstić information content (AvgIpc) is 2.36. The molecule has 1 aromatic carbocycles. The maximum Gasteiger partial charge on any atom is 0.323 e. The van der Waals surface area contributed by atoms with E-state index < -0.39 is 11.6 Å². The highest BCUT2D eigenvalue weighted by molar-refractivity contribution is 5.85. The largest absolute Gasteiger partial charge is 0.459 e. The van der Waals surface area contributed by atoms with Crippen LogP contribution in [-0.4, -0.2) is 17.6 Å². The van der Waals surface area contributed by atoms with E-state index in [0.717, 1.165) is 12.8 Å². The van der Waals surface area contributed by atoms with Gasteiger partial charge in [0.1, 0.15) is 11.6 Å². The Kier molecular flexibility index (Phi) is 7.72. The molecule has 0 aliphatic carbocycles. The highest BCUT2D eigenvalue weighted by Crippen LogP contribution is 2.15. The van der Waals surface area contributed by atoms with Crippen LogP contribution in [0.25, 0.3) is 0 Å². The van der Waals surface area contributed by atoms with Gasteiger partial charge >= 0.3 is 5.97 Å². The van der Waals surface area contributed by atoms with E-state index in [2.05, 4.69) is 0 Å². The minimum absolute atomic E-state index is 0. The van der Waals surface area contributed by atoms with Crippen LogP contribution in [0.3, 0.4) is 0 Å². The third-order valence-electron chi connectivity index (χ3n) is 3.12. The predicted octanol–water partition coefficient (Wildman–Crippen LogP) is 3.10. The van der Waals surface area contributed by atoms with Gasteiger partial charge in [0.25, 0.3) is 0 Å². The van der Waals surface area contributed by atoms with Crippen LogP contribution in [0.2, 0.25) is 0 Å². The van der Waals surface area contributed by atoms with Crippen molar-refractivity contribution in [3.05, 3.63) is 35.9 Å². The smallest absolute Gasteiger partial charge is 0.323 e. The van der Waals surface area contributed by atoms with Crippen LogP contribution in [-0.2, 0) is 16.0 Å². The van der Waals surface area contributed by atoms with Gasteiger partial charge in [0.2, 0.25) is 0 Å². The monoisotopic (exact) mass is 285 g/mol. The molecule has 0 spiro atoms. The zero-order chi connectivity index (χ0) is 13.6. The normalized spacial score (nSPS) is 12.4. The summed E-state index contributed by atoms with van der Waals surface area (Å²) in [4.78, 5) is 11.8. The van der Waals surface area contributed by atoms with Crippen molar-refractivity contribution in [2.75, 3.05) is 0 Å². The summed E-state index contributed by atoms with van der Waals surface area (Å²) >= 11 is 0. The Morgan fingerprint density at radius 2 is 1.89 bits per heavy atom. The first-order valence-corrected chi connectivity index (χ1v) is 6.47. The molecule has 0 bridgehead atoms. The van der Waals surface area contributed by atoms with Crippen LogP contribution >= 0.6 is 12.4 Å². The molecule has 0 unspecified atom stereocenters. The molecule has 0 aliphatic heterocycles. The maximum absolute atomic E-state index is 11.8. The number of hydrogen-bond donors (Lipinski definition) is 1. The first kappa shape index (κ1) is 17.9. The van der Waals surface area contributed by atoms with Crippen LogP contribution in [0, 0.1) is 0 Å². The lowest BCUT2D eigenvalue weighted by molar-refractivity contribution is -0.158. The maximum atomic E-state index is 11.8. The molecule has 1 atom stereocenters. The van der Waals surface area contributed by atoms with Crippen LogP contribution in [0.15, 0.2) is 30.3 Å². The second kappa shape index (κ2) is 8.18. The number of rotatable bonds is 6. The number of esters is 1. The predicted molar refractivity (Wildman–Crippen MR) is 80.4 cm³/mol. The minimum Gasteiger partial charge on any atom is -0.459 e. The zero-order valence-corrected chi connectivity index (χ0v) is 12.7. The fourth-order valence-corrected chi connectivity index (χ4v) is 1.50. The second-order valence-electron chi connectivity index (χ2n) is 5.17. The van der Waals surface area contributed by atoms with E-state index in [1.807, 2.05) is 51.1 Å². The fourth-order valence-electron chi connectivity index (χ4n) is 1.50. The van der Waals surface area contributed by atoms with E-state index in [1.54, 1.807) is 0 Å². The van der Waals surface area contributed by atoms with Gasteiger partial charge in [-0.2, -0.15) is 0 Å². The zero-order valence-electron chi connectivity index (χ0n) is 11.9. The highest BCUT2D eigenvalue weighted by Gasteiger charge is 2.24. The molecular formula is C15H24ClNO2. The molecule has 2 N–H and O–H groups in total. The first-order valence-electron chi connectivity index (χ1n) is 6.47. The van der Waals surface area contributed by atoms with E-state index in [4.69, 9.17) is 10.5 Å². The fraction of sp³-hybridized carbons (Fsp3) is 0.533. The number of benzene rings is 1. The summed E-state index contributed by atoms with van der Waals surface area (Å²) in [7, 11) is 0. The van der Waals surface area contributed by atoms with Crippen molar-refractivity contribution in [1.82, 2.24) is 0 Å². The van der Waals surface area contributed by atoms with Crippen molar-refractivity contribution in [1.29, 1.82) is 0 Å². The summed E-state index contributed by atoms with van der Waals surface area (Å²) in [5, 5.41) is 0. The SMILES string of the molecule is CCC(C)(C)OC(=O)[C@@H](N)CCc1ccccc1.Cl. The molecule has 0 aromatic heterocycles. The lowest BCUT2D eigenvalue weighted by Crippen LogP contribution is -2.38. The Labute approximate surface area is 121 Å². The molecule has 0 aliphatic rings. The van der Waals surface area contributed by atoms with Gasteiger partial charge in [-0.1, -0.05) is 37.3 Å². The van der Waals surface area contributed by atoms with E-state index in [9.17, 15) is 4.79 Å². The molecular weight excluding hydrogens is 262 g/mol. The number of aryl methyl sites for hydroxylation is 1. The summed E-state index contributed by atoms with van der Waals surface area (Å²) in [6, 6.07) is 9.47. The third kappa shape index (κ3) is 6.60. The van der Waals surface area contributed by atoms with E-state index in [1.165, 1.54) is 5.56 Å². The van der Waals surface area contributed by atoms with Gasteiger partial charge in [0.05, 0.1) is 0 Å². The molecule has 0 heterocycles. The van der Waals surface area contributed by atoms with Crippen LogP contribution in [0.1, 0.15) is 39.2 Å². The molecule has 4 heteroatoms. The van der Waals surface area contributed by atoms with E-state index in [-0.39, 0.29) is 18.4 Å². The standard InChI is InChI=1S/C15H23NO2.ClH/c1-4-15(2,3)18-14(17)13(16)11-10-12-8-6-5-7-9-12;/h5-9,13H,4,10-11,16H2,1-3H3;1H/t13-;/m0./s1. The molecule has 0 saturated carbocycles.